The molecule has 42 heavy (non-hydrogen) atoms. The van der Waals surface area contributed by atoms with Crippen LogP contribution in [0, 0.1) is 0 Å². The Morgan fingerprint density at radius 2 is 1.24 bits per heavy atom. The Kier molecular flexibility index (Phi) is 10.4. The number of carbonyl (C=O) groups excluding carboxylic acids is 5. The molecule has 222 valence electrons. The zero-order valence-corrected chi connectivity index (χ0v) is 23.5. The minimum absolute atomic E-state index is 0.00194. The first-order valence-corrected chi connectivity index (χ1v) is 12.9. The summed E-state index contributed by atoms with van der Waals surface area (Å²) in [6.07, 6.45) is -1.25. The van der Waals surface area contributed by atoms with Gasteiger partial charge in [0.1, 0.15) is 16.7 Å². The van der Waals surface area contributed by atoms with Gasteiger partial charge in [-0.05, 0) is 18.2 Å². The number of methoxy groups -OCH3 is 1. The summed E-state index contributed by atoms with van der Waals surface area (Å²) >= 11 is 0. The minimum atomic E-state index is -1.19. The van der Waals surface area contributed by atoms with Gasteiger partial charge in [0.05, 0.1) is 7.11 Å². The Balaban J connectivity index is 2.36. The van der Waals surface area contributed by atoms with Gasteiger partial charge in [0.15, 0.2) is 23.0 Å². The minimum Gasteiger partial charge on any atom is -0.452 e. The summed E-state index contributed by atoms with van der Waals surface area (Å²) < 4.78 is 36.8. The SMILES string of the molecule is CCC(=O)Oc1cc(OC(=O)OC)c2c(=O)c(OC(=O)CC)c(-c3ccc(OC(=O)CC)c(OC(=O)CC)c3)oc2c1. The molecule has 0 saturated carbocycles. The van der Waals surface area contributed by atoms with Gasteiger partial charge in [0.25, 0.3) is 0 Å². The van der Waals surface area contributed by atoms with Gasteiger partial charge in [0, 0.05) is 43.4 Å². The molecule has 3 aromatic rings. The second kappa shape index (κ2) is 13.9. The van der Waals surface area contributed by atoms with Crippen LogP contribution in [0.2, 0.25) is 0 Å². The summed E-state index contributed by atoms with van der Waals surface area (Å²) in [6.45, 7) is 6.21. The molecule has 0 unspecified atom stereocenters. The van der Waals surface area contributed by atoms with E-state index < -0.39 is 47.0 Å². The van der Waals surface area contributed by atoms with Gasteiger partial charge in [-0.2, -0.15) is 0 Å². The highest BCUT2D eigenvalue weighted by molar-refractivity contribution is 5.92. The summed E-state index contributed by atoms with van der Waals surface area (Å²) in [5.41, 5.74) is -1.07. The van der Waals surface area contributed by atoms with Crippen molar-refractivity contribution < 1.29 is 56.8 Å². The molecule has 13 heteroatoms. The lowest BCUT2D eigenvalue weighted by Crippen LogP contribution is -2.17. The highest BCUT2D eigenvalue weighted by Crippen LogP contribution is 2.40. The van der Waals surface area contributed by atoms with Crippen molar-refractivity contribution in [1.29, 1.82) is 0 Å². The number of benzene rings is 2. The molecule has 0 aliphatic carbocycles. The molecule has 0 saturated heterocycles. The molecule has 3 rings (SSSR count). The number of hydrogen-bond donors (Lipinski definition) is 0. The number of fused-ring (bicyclic) bond motifs is 1. The van der Waals surface area contributed by atoms with Crippen molar-refractivity contribution in [1.82, 2.24) is 0 Å². The highest BCUT2D eigenvalue weighted by Gasteiger charge is 2.26. The van der Waals surface area contributed by atoms with Crippen LogP contribution in [0.4, 0.5) is 4.79 Å². The van der Waals surface area contributed by atoms with E-state index >= 15 is 0 Å². The Bertz CT molecular complexity index is 1600. The summed E-state index contributed by atoms with van der Waals surface area (Å²) in [6, 6.07) is 6.25. The molecule has 0 spiro atoms. The molecule has 1 aromatic heterocycles. The lowest BCUT2D eigenvalue weighted by molar-refractivity contribution is -0.136. The van der Waals surface area contributed by atoms with Crippen molar-refractivity contribution in [2.45, 2.75) is 53.4 Å². The van der Waals surface area contributed by atoms with Crippen molar-refractivity contribution >= 4 is 41.0 Å². The first kappa shape index (κ1) is 31.3. The number of hydrogen-bond acceptors (Lipinski definition) is 13. The summed E-state index contributed by atoms with van der Waals surface area (Å²) in [4.78, 5) is 74.1. The van der Waals surface area contributed by atoms with Crippen LogP contribution < -0.4 is 29.1 Å². The fourth-order valence-corrected chi connectivity index (χ4v) is 3.39. The zero-order valence-electron chi connectivity index (χ0n) is 23.5. The first-order chi connectivity index (χ1) is 20.0. The van der Waals surface area contributed by atoms with Gasteiger partial charge in [0.2, 0.25) is 11.2 Å². The van der Waals surface area contributed by atoms with E-state index in [1.165, 1.54) is 31.2 Å². The molecule has 13 nitrogen and oxygen atoms in total. The van der Waals surface area contributed by atoms with Crippen molar-refractivity contribution in [3.8, 4) is 40.1 Å². The average molecular weight is 585 g/mol. The molecule has 0 bridgehead atoms. The van der Waals surface area contributed by atoms with E-state index in [-0.39, 0.29) is 65.2 Å². The molecule has 0 aliphatic rings. The highest BCUT2D eigenvalue weighted by atomic mass is 16.7. The van der Waals surface area contributed by atoms with E-state index in [4.69, 9.17) is 28.1 Å². The second-order valence-electron chi connectivity index (χ2n) is 8.41. The van der Waals surface area contributed by atoms with Crippen LogP contribution >= 0.6 is 0 Å². The van der Waals surface area contributed by atoms with Crippen LogP contribution in [0.15, 0.2) is 39.5 Å². The quantitative estimate of drug-likeness (QED) is 0.180. The van der Waals surface area contributed by atoms with E-state index in [2.05, 4.69) is 4.74 Å². The topological polar surface area (TPSA) is 171 Å². The molecule has 1 heterocycles. The molecular weight excluding hydrogens is 556 g/mol. The van der Waals surface area contributed by atoms with E-state index in [1.807, 2.05) is 0 Å². The van der Waals surface area contributed by atoms with Gasteiger partial charge < -0.3 is 32.8 Å². The smallest absolute Gasteiger partial charge is 0.452 e. The summed E-state index contributed by atoms with van der Waals surface area (Å²) in [5.74, 6) is -4.31. The Hall–Kier alpha value is -5.20. The lowest BCUT2D eigenvalue weighted by Gasteiger charge is -2.15. The van der Waals surface area contributed by atoms with Crippen molar-refractivity contribution in [2.24, 2.45) is 0 Å². The van der Waals surface area contributed by atoms with Crippen molar-refractivity contribution in [2.75, 3.05) is 7.11 Å². The van der Waals surface area contributed by atoms with Crippen molar-refractivity contribution in [3.63, 3.8) is 0 Å². The predicted octanol–water partition coefficient (Wildman–Crippen LogP) is 4.87. The Morgan fingerprint density at radius 3 is 1.83 bits per heavy atom. The van der Waals surface area contributed by atoms with Crippen LogP contribution in [-0.4, -0.2) is 37.1 Å². The molecular formula is C29H28O13. The maximum absolute atomic E-state index is 13.8. The maximum atomic E-state index is 13.8. The van der Waals surface area contributed by atoms with Gasteiger partial charge in [-0.3, -0.25) is 24.0 Å². The van der Waals surface area contributed by atoms with Crippen LogP contribution in [0.5, 0.6) is 28.7 Å². The van der Waals surface area contributed by atoms with Crippen LogP contribution in [-0.2, 0) is 23.9 Å². The summed E-state index contributed by atoms with van der Waals surface area (Å²) in [5, 5.41) is -0.328. The predicted molar refractivity (Wildman–Crippen MR) is 145 cm³/mol. The normalized spacial score (nSPS) is 10.5. The fourth-order valence-electron chi connectivity index (χ4n) is 3.39. The maximum Gasteiger partial charge on any atom is 0.513 e. The van der Waals surface area contributed by atoms with E-state index in [0.717, 1.165) is 13.2 Å². The molecule has 0 amide bonds. The van der Waals surface area contributed by atoms with Crippen molar-refractivity contribution in [3.05, 3.63) is 40.6 Å². The Labute approximate surface area is 239 Å². The van der Waals surface area contributed by atoms with E-state index in [1.54, 1.807) is 20.8 Å². The van der Waals surface area contributed by atoms with E-state index in [0.29, 0.717) is 0 Å². The summed E-state index contributed by atoms with van der Waals surface area (Å²) in [7, 11) is 1.05. The molecule has 2 aromatic carbocycles. The number of rotatable bonds is 10. The van der Waals surface area contributed by atoms with Crippen LogP contribution in [0.1, 0.15) is 53.4 Å². The molecule has 0 fully saturated rings. The number of ether oxygens (including phenoxy) is 6. The molecule has 0 aliphatic heterocycles. The van der Waals surface area contributed by atoms with E-state index in [9.17, 15) is 28.8 Å². The third-order valence-electron chi connectivity index (χ3n) is 5.51. The molecule has 0 radical (unpaired) electrons. The lowest BCUT2D eigenvalue weighted by atomic mass is 10.1. The monoisotopic (exact) mass is 584 g/mol. The third kappa shape index (κ3) is 7.30. The number of esters is 4. The standard InChI is InChI=1S/C29H28O13/c1-6-21(30)37-16-13-19-25(20(14-16)41-29(35)36-5)26(34)28(42-24(33)9-4)27(40-19)15-10-11-17(38-22(31)7-2)18(12-15)39-23(32)8-3/h10-14H,6-9H2,1-5H3. The zero-order chi connectivity index (χ0) is 31.0. The largest absolute Gasteiger partial charge is 0.513 e. The number of carbonyl (C=O) groups is 5. The van der Waals surface area contributed by atoms with Gasteiger partial charge in [-0.25, -0.2) is 4.79 Å². The Morgan fingerprint density at radius 1 is 0.667 bits per heavy atom. The second-order valence-corrected chi connectivity index (χ2v) is 8.41. The van der Waals surface area contributed by atoms with Crippen LogP contribution in [0.3, 0.4) is 0 Å². The van der Waals surface area contributed by atoms with Gasteiger partial charge in [-0.1, -0.05) is 27.7 Å². The first-order valence-electron chi connectivity index (χ1n) is 12.9. The molecule has 0 atom stereocenters. The van der Waals surface area contributed by atoms with Gasteiger partial charge >= 0.3 is 30.0 Å². The average Bonchev–Trinajstić information content (AvgIpc) is 2.98. The van der Waals surface area contributed by atoms with Crippen LogP contribution in [0.25, 0.3) is 22.3 Å². The van der Waals surface area contributed by atoms with Gasteiger partial charge in [-0.15, -0.1) is 0 Å². The fraction of sp³-hybridized carbons (Fsp3) is 0.310. The third-order valence-corrected chi connectivity index (χ3v) is 5.51. The molecule has 0 N–H and O–H groups in total.